The average molecular weight is 554 g/mol. The molecule has 0 saturated heterocycles. The number of benzene rings is 3. The van der Waals surface area contributed by atoms with E-state index in [4.69, 9.17) is 0 Å². The first-order valence-electron chi connectivity index (χ1n) is 13.0. The monoisotopic (exact) mass is 553 g/mol. The number of nitrogens with one attached hydrogen (secondary N) is 1. The van der Waals surface area contributed by atoms with Gasteiger partial charge in [-0.1, -0.05) is 60.2 Å². The number of rotatable bonds is 13. The van der Waals surface area contributed by atoms with Gasteiger partial charge in [0, 0.05) is 32.5 Å². The third-order valence-corrected chi connectivity index (χ3v) is 7.56. The Morgan fingerprint density at radius 3 is 2.15 bits per heavy atom. The molecule has 7 nitrogen and oxygen atoms in total. The zero-order valence-electron chi connectivity index (χ0n) is 22.6. The second kappa shape index (κ2) is 13.9. The summed E-state index contributed by atoms with van der Waals surface area (Å²) in [6.45, 7) is 4.52. The minimum absolute atomic E-state index is 0.0315. The van der Waals surface area contributed by atoms with Crippen LogP contribution in [0.25, 0.3) is 0 Å². The topological polar surface area (TPSA) is 86.8 Å². The number of hydrogen-bond donors (Lipinski definition) is 1. The largest absolute Gasteiger partial charge is 0.355 e. The maximum Gasteiger partial charge on any atom is 0.243 e. The Balaban J connectivity index is 1.85. The van der Waals surface area contributed by atoms with Crippen LogP contribution in [0.2, 0.25) is 0 Å². The normalized spacial score (nSPS) is 12.0. The van der Waals surface area contributed by atoms with Crippen LogP contribution in [0.3, 0.4) is 0 Å². The van der Waals surface area contributed by atoms with Gasteiger partial charge in [-0.05, 0) is 55.7 Å². The number of hydrogen-bond acceptors (Lipinski definition) is 4. The number of sulfonamides is 1. The van der Waals surface area contributed by atoms with E-state index in [1.807, 2.05) is 68.4 Å². The molecule has 0 radical (unpaired) electrons. The van der Waals surface area contributed by atoms with E-state index in [9.17, 15) is 22.4 Å². The van der Waals surface area contributed by atoms with Crippen molar-refractivity contribution in [2.45, 2.75) is 45.7 Å². The van der Waals surface area contributed by atoms with Crippen LogP contribution in [-0.2, 0) is 32.6 Å². The van der Waals surface area contributed by atoms with Crippen LogP contribution in [0.4, 0.5) is 10.1 Å². The molecule has 0 unspecified atom stereocenters. The van der Waals surface area contributed by atoms with E-state index in [0.717, 1.165) is 27.3 Å². The lowest BCUT2D eigenvalue weighted by atomic mass is 10.0. The number of carbonyl (C=O) groups is 2. The van der Waals surface area contributed by atoms with Gasteiger partial charge in [-0.15, -0.1) is 0 Å². The molecule has 0 fully saturated rings. The van der Waals surface area contributed by atoms with Gasteiger partial charge in [0.15, 0.2) is 0 Å². The SMILES string of the molecule is CCNC(=O)[C@@H](Cc1ccccc1)N(Cc1ccc(C)cc1)C(=O)CCCN(c1ccc(F)cc1)S(C)(=O)=O. The van der Waals surface area contributed by atoms with Gasteiger partial charge < -0.3 is 10.2 Å². The summed E-state index contributed by atoms with van der Waals surface area (Å²) in [6, 6.07) is 21.8. The Bertz CT molecular complexity index is 1330. The molecule has 3 rings (SSSR count). The Morgan fingerprint density at radius 1 is 0.923 bits per heavy atom. The van der Waals surface area contributed by atoms with Gasteiger partial charge in [0.1, 0.15) is 11.9 Å². The molecule has 208 valence electrons. The fourth-order valence-corrected chi connectivity index (χ4v) is 5.31. The van der Waals surface area contributed by atoms with E-state index < -0.39 is 21.9 Å². The van der Waals surface area contributed by atoms with Crippen molar-refractivity contribution in [3.8, 4) is 0 Å². The van der Waals surface area contributed by atoms with Crippen molar-refractivity contribution < 1.29 is 22.4 Å². The smallest absolute Gasteiger partial charge is 0.243 e. The molecule has 0 heterocycles. The summed E-state index contributed by atoms with van der Waals surface area (Å²) in [5.74, 6) is -0.967. The fourth-order valence-electron chi connectivity index (χ4n) is 4.35. The van der Waals surface area contributed by atoms with Crippen molar-refractivity contribution >= 4 is 27.5 Å². The second-order valence-corrected chi connectivity index (χ2v) is 11.4. The predicted octanol–water partition coefficient (Wildman–Crippen LogP) is 4.46. The van der Waals surface area contributed by atoms with Gasteiger partial charge in [-0.3, -0.25) is 13.9 Å². The van der Waals surface area contributed by atoms with Crippen LogP contribution in [-0.4, -0.2) is 50.5 Å². The fraction of sp³-hybridized carbons (Fsp3) is 0.333. The molecule has 0 aliphatic heterocycles. The Morgan fingerprint density at radius 2 is 1.56 bits per heavy atom. The van der Waals surface area contributed by atoms with Gasteiger partial charge in [0.05, 0.1) is 11.9 Å². The molecule has 0 bridgehead atoms. The van der Waals surface area contributed by atoms with Crippen molar-refractivity contribution in [1.82, 2.24) is 10.2 Å². The molecular weight excluding hydrogens is 517 g/mol. The summed E-state index contributed by atoms with van der Waals surface area (Å²) in [4.78, 5) is 28.5. The third-order valence-electron chi connectivity index (χ3n) is 6.36. The van der Waals surface area contributed by atoms with E-state index in [1.165, 1.54) is 24.3 Å². The molecule has 1 N–H and O–H groups in total. The Kier molecular flexibility index (Phi) is 10.6. The van der Waals surface area contributed by atoms with Crippen molar-refractivity contribution in [2.24, 2.45) is 0 Å². The molecule has 39 heavy (non-hydrogen) atoms. The van der Waals surface area contributed by atoms with Crippen LogP contribution < -0.4 is 9.62 Å². The Labute approximate surface area is 230 Å². The molecule has 0 saturated carbocycles. The second-order valence-electron chi connectivity index (χ2n) is 9.52. The van der Waals surface area contributed by atoms with E-state index in [0.29, 0.717) is 18.7 Å². The van der Waals surface area contributed by atoms with Gasteiger partial charge in [-0.25, -0.2) is 12.8 Å². The zero-order valence-corrected chi connectivity index (χ0v) is 23.5. The highest BCUT2D eigenvalue weighted by Gasteiger charge is 2.30. The molecule has 9 heteroatoms. The average Bonchev–Trinajstić information content (AvgIpc) is 2.90. The van der Waals surface area contributed by atoms with E-state index >= 15 is 0 Å². The number of nitrogens with zero attached hydrogens (tertiary/aromatic N) is 2. The number of amides is 2. The van der Waals surface area contributed by atoms with Crippen LogP contribution in [0.1, 0.15) is 36.5 Å². The van der Waals surface area contributed by atoms with Gasteiger partial charge in [-0.2, -0.15) is 0 Å². The summed E-state index contributed by atoms with van der Waals surface area (Å²) >= 11 is 0. The standard InChI is InChI=1S/C30H36FN3O4S/c1-4-32-30(36)28(21-24-9-6-5-7-10-24)33(22-25-14-12-23(2)13-15-25)29(35)11-8-20-34(39(3,37)38)27-18-16-26(31)17-19-27/h5-7,9-10,12-19,28H,4,8,11,20-22H2,1-3H3,(H,32,36)/t28-/m1/s1. The summed E-state index contributed by atoms with van der Waals surface area (Å²) in [7, 11) is -3.66. The van der Waals surface area contributed by atoms with E-state index in [-0.39, 0.29) is 37.7 Å². The van der Waals surface area contributed by atoms with Gasteiger partial charge in [0.25, 0.3) is 0 Å². The maximum atomic E-state index is 13.7. The number of halogens is 1. The molecule has 3 aromatic rings. The molecule has 0 aliphatic carbocycles. The quantitative estimate of drug-likeness (QED) is 0.339. The highest BCUT2D eigenvalue weighted by atomic mass is 32.2. The molecule has 1 atom stereocenters. The van der Waals surface area contributed by atoms with E-state index in [2.05, 4.69) is 5.32 Å². The summed E-state index contributed by atoms with van der Waals surface area (Å²) in [5, 5.41) is 2.87. The zero-order chi connectivity index (χ0) is 28.4. The van der Waals surface area contributed by atoms with Crippen molar-refractivity contribution in [1.29, 1.82) is 0 Å². The lowest BCUT2D eigenvalue weighted by molar-refractivity contribution is -0.141. The first-order chi connectivity index (χ1) is 18.6. The summed E-state index contributed by atoms with van der Waals surface area (Å²) in [5.41, 5.74) is 3.23. The predicted molar refractivity (Wildman–Crippen MR) is 152 cm³/mol. The highest BCUT2D eigenvalue weighted by molar-refractivity contribution is 7.92. The third kappa shape index (κ3) is 8.92. The first-order valence-corrected chi connectivity index (χ1v) is 14.8. The molecule has 2 amide bonds. The molecule has 3 aromatic carbocycles. The lowest BCUT2D eigenvalue weighted by Crippen LogP contribution is -2.50. The maximum absolute atomic E-state index is 13.7. The molecular formula is C30H36FN3O4S. The van der Waals surface area contributed by atoms with Crippen LogP contribution in [0, 0.1) is 12.7 Å². The summed E-state index contributed by atoms with van der Waals surface area (Å²) < 4.78 is 39.5. The molecule has 0 aliphatic rings. The number of anilines is 1. The van der Waals surface area contributed by atoms with Crippen molar-refractivity contribution in [3.63, 3.8) is 0 Å². The van der Waals surface area contributed by atoms with Crippen molar-refractivity contribution in [2.75, 3.05) is 23.7 Å². The number of likely N-dealkylation sites (N-methyl/N-ethyl adjacent to an activating group) is 1. The van der Waals surface area contributed by atoms with Gasteiger partial charge in [0.2, 0.25) is 21.8 Å². The van der Waals surface area contributed by atoms with Crippen LogP contribution >= 0.6 is 0 Å². The minimum atomic E-state index is -3.66. The van der Waals surface area contributed by atoms with Gasteiger partial charge >= 0.3 is 0 Å². The minimum Gasteiger partial charge on any atom is -0.355 e. The summed E-state index contributed by atoms with van der Waals surface area (Å²) in [6.07, 6.45) is 1.67. The molecule has 0 aromatic heterocycles. The van der Waals surface area contributed by atoms with Crippen molar-refractivity contribution in [3.05, 3.63) is 101 Å². The van der Waals surface area contributed by atoms with Crippen LogP contribution in [0.15, 0.2) is 78.9 Å². The first kappa shape index (κ1) is 29.8. The van der Waals surface area contributed by atoms with E-state index in [1.54, 1.807) is 4.90 Å². The number of aryl methyl sites for hydroxylation is 1. The van der Waals surface area contributed by atoms with Crippen LogP contribution in [0.5, 0.6) is 0 Å². The lowest BCUT2D eigenvalue weighted by Gasteiger charge is -2.32. The number of carbonyl (C=O) groups excluding carboxylic acids is 2. The highest BCUT2D eigenvalue weighted by Crippen LogP contribution is 2.20. The molecule has 0 spiro atoms. The Hall–Kier alpha value is -3.72.